The van der Waals surface area contributed by atoms with E-state index in [2.05, 4.69) is 0 Å². The molecule has 2 aliphatic carbocycles. The topological polar surface area (TPSA) is 46.3 Å². The van der Waals surface area contributed by atoms with Crippen molar-refractivity contribution in [3.63, 3.8) is 0 Å². The van der Waals surface area contributed by atoms with Gasteiger partial charge in [-0.1, -0.05) is 30.3 Å². The van der Waals surface area contributed by atoms with Crippen molar-refractivity contribution in [2.24, 2.45) is 5.73 Å². The van der Waals surface area contributed by atoms with Gasteiger partial charge in [0.25, 0.3) is 0 Å². The predicted octanol–water partition coefficient (Wildman–Crippen LogP) is 5.48. The molecule has 1 heterocycles. The quantitative estimate of drug-likeness (QED) is 0.575. The van der Waals surface area contributed by atoms with Crippen molar-refractivity contribution in [1.29, 1.82) is 0 Å². The summed E-state index contributed by atoms with van der Waals surface area (Å²) < 4.78 is 68.5. The second-order valence-electron chi connectivity index (χ2n) is 10.6. The summed E-state index contributed by atoms with van der Waals surface area (Å²) in [5.74, 6) is -0.424. The van der Waals surface area contributed by atoms with Crippen LogP contribution in [0.5, 0.6) is 0 Å². The Kier molecular flexibility index (Phi) is 5.55. The molecule has 0 bridgehead atoms. The average molecular weight is 493 g/mol. The Labute approximate surface area is 201 Å². The molecule has 2 fully saturated rings. The molecular formula is C27H29F5N2O. The number of carbonyl (C=O) groups excluding carboxylic acids is 1. The minimum absolute atomic E-state index is 0.0665. The molecule has 35 heavy (non-hydrogen) atoms. The predicted molar refractivity (Wildman–Crippen MR) is 122 cm³/mol. The molecule has 188 valence electrons. The van der Waals surface area contributed by atoms with Gasteiger partial charge in [-0.15, -0.1) is 0 Å². The SMILES string of the molecule is CC(F)(c1ccc2c(c1)CC[C@H]1N(C(=O)C3(N)CCC3)CC[C@@]21Cc1ccc(F)cc1)C(F)(F)F. The van der Waals surface area contributed by atoms with Crippen LogP contribution >= 0.6 is 0 Å². The lowest BCUT2D eigenvalue weighted by Gasteiger charge is -2.47. The first kappa shape index (κ1) is 24.2. The molecule has 3 nitrogen and oxygen atoms in total. The zero-order valence-corrected chi connectivity index (χ0v) is 19.6. The highest BCUT2D eigenvalue weighted by Crippen LogP contribution is 2.51. The summed E-state index contributed by atoms with van der Waals surface area (Å²) >= 11 is 0. The molecule has 3 aliphatic rings. The Bertz CT molecular complexity index is 1140. The molecule has 1 aliphatic heterocycles. The van der Waals surface area contributed by atoms with E-state index >= 15 is 0 Å². The first-order valence-corrected chi connectivity index (χ1v) is 12.1. The number of benzene rings is 2. The third-order valence-electron chi connectivity index (χ3n) is 8.58. The van der Waals surface area contributed by atoms with Gasteiger partial charge in [0.1, 0.15) is 5.82 Å². The fourth-order valence-electron chi connectivity index (χ4n) is 6.29. The number of halogens is 5. The Morgan fingerprint density at radius 1 is 1.09 bits per heavy atom. The molecule has 0 radical (unpaired) electrons. The van der Waals surface area contributed by atoms with E-state index < -0.39 is 28.4 Å². The molecule has 1 unspecified atom stereocenters. The number of carbonyl (C=O) groups is 1. The third kappa shape index (κ3) is 3.76. The maximum absolute atomic E-state index is 14.8. The van der Waals surface area contributed by atoms with Crippen LogP contribution in [0.15, 0.2) is 42.5 Å². The van der Waals surface area contributed by atoms with Crippen LogP contribution in [0.1, 0.15) is 61.3 Å². The van der Waals surface area contributed by atoms with Crippen LogP contribution in [0.25, 0.3) is 0 Å². The summed E-state index contributed by atoms with van der Waals surface area (Å²) in [7, 11) is 0. The minimum atomic E-state index is -5.03. The van der Waals surface area contributed by atoms with Gasteiger partial charge in [0.15, 0.2) is 0 Å². The van der Waals surface area contributed by atoms with Gasteiger partial charge in [0, 0.05) is 18.0 Å². The molecule has 8 heteroatoms. The molecule has 1 amide bonds. The van der Waals surface area contributed by atoms with Crippen LogP contribution < -0.4 is 5.73 Å². The monoisotopic (exact) mass is 492 g/mol. The van der Waals surface area contributed by atoms with Gasteiger partial charge in [0.05, 0.1) is 5.54 Å². The largest absolute Gasteiger partial charge is 0.426 e. The lowest BCUT2D eigenvalue weighted by molar-refractivity contribution is -0.228. The molecule has 5 rings (SSSR count). The molecule has 2 aromatic rings. The number of fused-ring (bicyclic) bond motifs is 3. The van der Waals surface area contributed by atoms with Crippen molar-refractivity contribution >= 4 is 5.91 Å². The lowest BCUT2D eigenvalue weighted by Crippen LogP contribution is -2.62. The molecule has 2 N–H and O–H groups in total. The molecular weight excluding hydrogens is 463 g/mol. The summed E-state index contributed by atoms with van der Waals surface area (Å²) in [6.45, 7) is 1.04. The van der Waals surface area contributed by atoms with Crippen LogP contribution in [-0.4, -0.2) is 35.1 Å². The highest BCUT2D eigenvalue weighted by Gasteiger charge is 2.57. The first-order chi connectivity index (χ1) is 16.4. The van der Waals surface area contributed by atoms with Crippen LogP contribution in [0.2, 0.25) is 0 Å². The van der Waals surface area contributed by atoms with Gasteiger partial charge in [-0.2, -0.15) is 13.2 Å². The van der Waals surface area contributed by atoms with E-state index in [1.54, 1.807) is 18.2 Å². The highest BCUT2D eigenvalue weighted by molar-refractivity contribution is 5.88. The van der Waals surface area contributed by atoms with Gasteiger partial charge in [0.2, 0.25) is 11.6 Å². The number of hydrogen-bond acceptors (Lipinski definition) is 2. The number of likely N-dealkylation sites (tertiary alicyclic amines) is 1. The molecule has 0 aromatic heterocycles. The van der Waals surface area contributed by atoms with E-state index in [4.69, 9.17) is 5.73 Å². The second-order valence-corrected chi connectivity index (χ2v) is 10.6. The normalized spacial score (nSPS) is 26.9. The summed E-state index contributed by atoms with van der Waals surface area (Å²) in [6.07, 6.45) is -0.734. The van der Waals surface area contributed by atoms with E-state index in [1.165, 1.54) is 24.3 Å². The summed E-state index contributed by atoms with van der Waals surface area (Å²) in [5, 5.41) is 0. The van der Waals surface area contributed by atoms with Crippen molar-refractivity contribution in [2.75, 3.05) is 6.54 Å². The number of rotatable bonds is 4. The second kappa shape index (κ2) is 8.02. The summed E-state index contributed by atoms with van der Waals surface area (Å²) in [6, 6.07) is 10.2. The Balaban J connectivity index is 1.57. The van der Waals surface area contributed by atoms with Crippen molar-refractivity contribution in [3.05, 3.63) is 70.5 Å². The van der Waals surface area contributed by atoms with Gasteiger partial charge >= 0.3 is 6.18 Å². The minimum Gasteiger partial charge on any atom is -0.337 e. The van der Waals surface area contributed by atoms with Crippen molar-refractivity contribution < 1.29 is 26.7 Å². The standard InChI is InChI=1S/C27H29F5N2O/c1-24(29,27(30,31)32)19-6-9-21-18(15-19)5-10-22-25(21,16-17-3-7-20(28)8-4-17)13-14-34(22)23(35)26(33)11-2-12-26/h3-4,6-9,15,22H,2,5,10-14,16,33H2,1H3/t22-,24?,25-/m1/s1. The van der Waals surface area contributed by atoms with E-state index in [-0.39, 0.29) is 17.8 Å². The number of alkyl halides is 4. The number of nitrogens with two attached hydrogens (primary N) is 1. The van der Waals surface area contributed by atoms with Crippen molar-refractivity contribution in [3.8, 4) is 0 Å². The molecule has 1 saturated heterocycles. The van der Waals surface area contributed by atoms with Crippen LogP contribution in [0.3, 0.4) is 0 Å². The molecule has 3 atom stereocenters. The number of aryl methyl sites for hydroxylation is 1. The summed E-state index contributed by atoms with van der Waals surface area (Å²) in [5.41, 5.74) is 3.48. The van der Waals surface area contributed by atoms with E-state index in [0.717, 1.165) is 17.5 Å². The highest BCUT2D eigenvalue weighted by atomic mass is 19.4. The van der Waals surface area contributed by atoms with Gasteiger partial charge < -0.3 is 10.6 Å². The lowest BCUT2D eigenvalue weighted by atomic mass is 9.63. The molecule has 2 aromatic carbocycles. The zero-order chi connectivity index (χ0) is 25.2. The number of hydrogen-bond donors (Lipinski definition) is 1. The average Bonchev–Trinajstić information content (AvgIpc) is 3.16. The first-order valence-electron chi connectivity index (χ1n) is 12.1. The van der Waals surface area contributed by atoms with Crippen LogP contribution in [-0.2, 0) is 28.7 Å². The zero-order valence-electron chi connectivity index (χ0n) is 19.6. The number of nitrogens with zero attached hydrogens (tertiary/aromatic N) is 1. The van der Waals surface area contributed by atoms with Crippen molar-refractivity contribution in [2.45, 2.75) is 80.7 Å². The van der Waals surface area contributed by atoms with Gasteiger partial charge in [-0.05, 0) is 86.3 Å². The van der Waals surface area contributed by atoms with Crippen LogP contribution in [0, 0.1) is 5.82 Å². The Morgan fingerprint density at radius 3 is 2.37 bits per heavy atom. The number of amides is 1. The van der Waals surface area contributed by atoms with E-state index in [9.17, 15) is 26.7 Å². The van der Waals surface area contributed by atoms with Gasteiger partial charge in [-0.25, -0.2) is 8.78 Å². The van der Waals surface area contributed by atoms with E-state index in [1.807, 2.05) is 4.90 Å². The fraction of sp³-hybridized carbons (Fsp3) is 0.519. The van der Waals surface area contributed by atoms with Crippen LogP contribution in [0.4, 0.5) is 22.0 Å². The third-order valence-corrected chi connectivity index (χ3v) is 8.58. The Morgan fingerprint density at radius 2 is 1.77 bits per heavy atom. The fourth-order valence-corrected chi connectivity index (χ4v) is 6.29. The van der Waals surface area contributed by atoms with Crippen molar-refractivity contribution in [1.82, 2.24) is 4.90 Å². The van der Waals surface area contributed by atoms with Gasteiger partial charge in [-0.3, -0.25) is 4.79 Å². The smallest absolute Gasteiger partial charge is 0.337 e. The maximum atomic E-state index is 14.8. The Hall–Kier alpha value is -2.48. The molecule has 1 saturated carbocycles. The van der Waals surface area contributed by atoms with E-state index in [0.29, 0.717) is 57.6 Å². The molecule has 0 spiro atoms. The summed E-state index contributed by atoms with van der Waals surface area (Å²) in [4.78, 5) is 15.3. The maximum Gasteiger partial charge on any atom is 0.426 e.